The summed E-state index contributed by atoms with van der Waals surface area (Å²) in [6, 6.07) is 13.5. The van der Waals surface area contributed by atoms with Gasteiger partial charge in [-0.05, 0) is 46.6 Å². The lowest BCUT2D eigenvalue weighted by atomic mass is 10.2. The van der Waals surface area contributed by atoms with Crippen molar-refractivity contribution in [1.29, 1.82) is 0 Å². The van der Waals surface area contributed by atoms with Crippen LogP contribution in [-0.4, -0.2) is 46.0 Å². The lowest BCUT2D eigenvalue weighted by Gasteiger charge is -2.35. The van der Waals surface area contributed by atoms with E-state index in [1.807, 2.05) is 30.3 Å². The molecule has 1 aliphatic heterocycles. The van der Waals surface area contributed by atoms with E-state index in [1.54, 1.807) is 23.4 Å². The molecule has 1 heterocycles. The molecule has 0 aromatic heterocycles. The minimum atomic E-state index is -3.54. The molecular formula is C18H21BrN2O3S. The second kappa shape index (κ2) is 7.35. The first-order valence-electron chi connectivity index (χ1n) is 8.08. The zero-order valence-corrected chi connectivity index (χ0v) is 16.7. The van der Waals surface area contributed by atoms with Crippen LogP contribution >= 0.6 is 15.9 Å². The predicted octanol–water partition coefficient (Wildman–Crippen LogP) is 3.28. The van der Waals surface area contributed by atoms with Crippen LogP contribution in [-0.2, 0) is 10.0 Å². The summed E-state index contributed by atoms with van der Waals surface area (Å²) in [6.07, 6.45) is 0. The molecule has 1 fully saturated rings. The summed E-state index contributed by atoms with van der Waals surface area (Å²) in [4.78, 5) is 2.52. The van der Waals surface area contributed by atoms with Crippen molar-refractivity contribution in [2.75, 3.05) is 38.2 Å². The summed E-state index contributed by atoms with van der Waals surface area (Å²) in [6.45, 7) is 4.09. The summed E-state index contributed by atoms with van der Waals surface area (Å²) in [5, 5.41) is 0. The minimum Gasteiger partial charge on any atom is -0.496 e. The van der Waals surface area contributed by atoms with Gasteiger partial charge in [0.1, 0.15) is 5.75 Å². The zero-order valence-electron chi connectivity index (χ0n) is 14.3. The maximum atomic E-state index is 13.1. The van der Waals surface area contributed by atoms with Crippen molar-refractivity contribution in [3.8, 4) is 5.75 Å². The average molecular weight is 425 g/mol. The lowest BCUT2D eigenvalue weighted by molar-refractivity contribution is 0.383. The van der Waals surface area contributed by atoms with Gasteiger partial charge in [0, 0.05) is 37.9 Å². The van der Waals surface area contributed by atoms with Gasteiger partial charge >= 0.3 is 0 Å². The van der Waals surface area contributed by atoms with E-state index in [4.69, 9.17) is 4.74 Å². The van der Waals surface area contributed by atoms with E-state index in [9.17, 15) is 8.42 Å². The van der Waals surface area contributed by atoms with Crippen LogP contribution < -0.4 is 9.64 Å². The molecule has 0 radical (unpaired) electrons. The van der Waals surface area contributed by atoms with Gasteiger partial charge in [0.25, 0.3) is 0 Å². The maximum absolute atomic E-state index is 13.1. The van der Waals surface area contributed by atoms with Gasteiger partial charge in [-0.3, -0.25) is 0 Å². The first-order valence-corrected chi connectivity index (χ1v) is 10.3. The van der Waals surface area contributed by atoms with Gasteiger partial charge in [0.2, 0.25) is 10.0 Å². The number of nitrogens with zero attached hydrogens (tertiary/aromatic N) is 2. The molecule has 0 spiro atoms. The number of benzene rings is 2. The van der Waals surface area contributed by atoms with Crippen LogP contribution in [0.5, 0.6) is 5.75 Å². The first kappa shape index (κ1) is 18.2. The molecule has 0 bridgehead atoms. The molecule has 0 saturated carbocycles. The van der Waals surface area contributed by atoms with Gasteiger partial charge in [-0.2, -0.15) is 4.31 Å². The van der Waals surface area contributed by atoms with Gasteiger partial charge in [0.15, 0.2) is 0 Å². The van der Waals surface area contributed by atoms with Gasteiger partial charge in [-0.15, -0.1) is 0 Å². The van der Waals surface area contributed by atoms with E-state index in [2.05, 4.69) is 20.8 Å². The standard InChI is InChI=1S/C18H21BrN2O3S/c1-14-12-16(19)17(24-2)13-18(14)25(22,23)21-10-8-20(9-11-21)15-6-4-3-5-7-15/h3-7,12-13H,8-11H2,1-2H3. The van der Waals surface area contributed by atoms with Crippen LogP contribution in [0.15, 0.2) is 51.8 Å². The topological polar surface area (TPSA) is 49.9 Å². The zero-order chi connectivity index (χ0) is 18.0. The number of halogens is 1. The SMILES string of the molecule is COc1cc(S(=O)(=O)N2CCN(c3ccccc3)CC2)c(C)cc1Br. The number of para-hydroxylation sites is 1. The second-order valence-corrected chi connectivity index (χ2v) is 8.74. The molecule has 0 atom stereocenters. The maximum Gasteiger partial charge on any atom is 0.243 e. The van der Waals surface area contributed by atoms with E-state index in [0.717, 1.165) is 10.2 Å². The number of hydrogen-bond donors (Lipinski definition) is 0. The van der Waals surface area contributed by atoms with Crippen molar-refractivity contribution in [2.45, 2.75) is 11.8 Å². The van der Waals surface area contributed by atoms with Crippen molar-refractivity contribution in [1.82, 2.24) is 4.31 Å². The van der Waals surface area contributed by atoms with E-state index < -0.39 is 10.0 Å². The summed E-state index contributed by atoms with van der Waals surface area (Å²) < 4.78 is 33.7. The first-order chi connectivity index (χ1) is 11.9. The van der Waals surface area contributed by atoms with Crippen molar-refractivity contribution in [3.63, 3.8) is 0 Å². The molecule has 0 N–H and O–H groups in total. The number of anilines is 1. The number of aryl methyl sites for hydroxylation is 1. The predicted molar refractivity (Wildman–Crippen MR) is 103 cm³/mol. The van der Waals surface area contributed by atoms with E-state index in [1.165, 1.54) is 7.11 Å². The molecule has 5 nitrogen and oxygen atoms in total. The fraction of sp³-hybridized carbons (Fsp3) is 0.333. The van der Waals surface area contributed by atoms with E-state index in [-0.39, 0.29) is 0 Å². The molecule has 3 rings (SSSR count). The van der Waals surface area contributed by atoms with Gasteiger partial charge in [-0.1, -0.05) is 18.2 Å². The number of ether oxygens (including phenoxy) is 1. The highest BCUT2D eigenvalue weighted by molar-refractivity contribution is 9.10. The third-order valence-electron chi connectivity index (χ3n) is 4.43. The van der Waals surface area contributed by atoms with Gasteiger partial charge in [0.05, 0.1) is 16.5 Å². The van der Waals surface area contributed by atoms with Crippen molar-refractivity contribution >= 4 is 31.6 Å². The fourth-order valence-corrected chi connectivity index (χ4v) is 5.30. The monoisotopic (exact) mass is 424 g/mol. The Morgan fingerprint density at radius 3 is 2.28 bits per heavy atom. The summed E-state index contributed by atoms with van der Waals surface area (Å²) in [5.41, 5.74) is 1.83. The molecule has 7 heteroatoms. The highest BCUT2D eigenvalue weighted by atomic mass is 79.9. The largest absolute Gasteiger partial charge is 0.496 e. The van der Waals surface area contributed by atoms with Crippen molar-refractivity contribution in [2.24, 2.45) is 0 Å². The molecule has 2 aromatic rings. The highest BCUT2D eigenvalue weighted by Crippen LogP contribution is 2.32. The highest BCUT2D eigenvalue weighted by Gasteiger charge is 2.30. The van der Waals surface area contributed by atoms with Gasteiger partial charge < -0.3 is 9.64 Å². The van der Waals surface area contributed by atoms with E-state index >= 15 is 0 Å². The Bertz CT molecular complexity index is 848. The summed E-state index contributed by atoms with van der Waals surface area (Å²) >= 11 is 3.40. The molecular weight excluding hydrogens is 404 g/mol. The number of rotatable bonds is 4. The Morgan fingerprint density at radius 2 is 1.68 bits per heavy atom. The fourth-order valence-electron chi connectivity index (χ4n) is 3.03. The molecule has 0 unspecified atom stereocenters. The Labute approximate surface area is 157 Å². The van der Waals surface area contributed by atoms with Crippen LogP contribution in [0.25, 0.3) is 0 Å². The van der Waals surface area contributed by atoms with Gasteiger partial charge in [-0.25, -0.2) is 8.42 Å². The van der Waals surface area contributed by atoms with Crippen LogP contribution in [0, 0.1) is 6.92 Å². The number of piperazine rings is 1. The van der Waals surface area contributed by atoms with Crippen molar-refractivity contribution in [3.05, 3.63) is 52.5 Å². The number of sulfonamides is 1. The molecule has 0 amide bonds. The van der Waals surface area contributed by atoms with Crippen LogP contribution in [0.3, 0.4) is 0 Å². The van der Waals surface area contributed by atoms with Crippen LogP contribution in [0.4, 0.5) is 5.69 Å². The Balaban J connectivity index is 1.81. The minimum absolute atomic E-state index is 0.306. The summed E-state index contributed by atoms with van der Waals surface area (Å²) in [5.74, 6) is 0.520. The molecule has 1 aliphatic rings. The molecule has 134 valence electrons. The number of hydrogen-bond acceptors (Lipinski definition) is 4. The van der Waals surface area contributed by atoms with Crippen LogP contribution in [0.2, 0.25) is 0 Å². The normalized spacial score (nSPS) is 16.0. The smallest absolute Gasteiger partial charge is 0.243 e. The average Bonchev–Trinajstić information content (AvgIpc) is 2.62. The number of methoxy groups -OCH3 is 1. The molecule has 0 aliphatic carbocycles. The molecule has 2 aromatic carbocycles. The Hall–Kier alpha value is -1.57. The molecule has 1 saturated heterocycles. The third-order valence-corrected chi connectivity index (χ3v) is 7.09. The van der Waals surface area contributed by atoms with Crippen LogP contribution in [0.1, 0.15) is 5.56 Å². The Morgan fingerprint density at radius 1 is 1.04 bits per heavy atom. The summed E-state index contributed by atoms with van der Waals surface area (Å²) in [7, 11) is -2.01. The Kier molecular flexibility index (Phi) is 5.36. The second-order valence-electron chi connectivity index (χ2n) is 5.98. The quantitative estimate of drug-likeness (QED) is 0.755. The lowest BCUT2D eigenvalue weighted by Crippen LogP contribution is -2.48. The van der Waals surface area contributed by atoms with Crippen molar-refractivity contribution < 1.29 is 13.2 Å². The third kappa shape index (κ3) is 3.68. The van der Waals surface area contributed by atoms with E-state index in [0.29, 0.717) is 42.4 Å². The molecule has 25 heavy (non-hydrogen) atoms.